The number of thioether (sulfide) groups is 1. The second-order valence-electron chi connectivity index (χ2n) is 7.66. The summed E-state index contributed by atoms with van der Waals surface area (Å²) in [5.41, 5.74) is 5.76. The minimum absolute atomic E-state index is 0.157. The van der Waals surface area contributed by atoms with Crippen molar-refractivity contribution in [3.05, 3.63) is 0 Å². The maximum Gasteiger partial charge on any atom is 0.227 e. The Morgan fingerprint density at radius 3 is 2.38 bits per heavy atom. The molecule has 3 N–H and O–H groups in total. The molecule has 0 aromatic rings. The van der Waals surface area contributed by atoms with Gasteiger partial charge >= 0.3 is 0 Å². The van der Waals surface area contributed by atoms with Crippen LogP contribution in [0.4, 0.5) is 0 Å². The van der Waals surface area contributed by atoms with Gasteiger partial charge in [-0.25, -0.2) is 0 Å². The predicted molar refractivity (Wildman–Crippen MR) is 99.3 cm³/mol. The molecule has 138 valence electrons. The summed E-state index contributed by atoms with van der Waals surface area (Å²) >= 11 is 2.05. The summed E-state index contributed by atoms with van der Waals surface area (Å²) < 4.78 is 5.44. The minimum Gasteiger partial charge on any atom is -0.381 e. The molecule has 1 saturated carbocycles. The van der Waals surface area contributed by atoms with Gasteiger partial charge in [0.15, 0.2) is 0 Å². The first-order valence-electron chi connectivity index (χ1n) is 9.60. The molecule has 1 aliphatic carbocycles. The second kappa shape index (κ2) is 8.39. The quantitative estimate of drug-likeness (QED) is 0.784. The molecule has 0 spiro atoms. The molecule has 0 radical (unpaired) electrons. The summed E-state index contributed by atoms with van der Waals surface area (Å²) in [7, 11) is 0. The smallest absolute Gasteiger partial charge is 0.227 e. The number of hydrogen-bond donors (Lipinski definition) is 2. The summed E-state index contributed by atoms with van der Waals surface area (Å²) in [4.78, 5) is 15.6. The van der Waals surface area contributed by atoms with Gasteiger partial charge in [-0.1, -0.05) is 19.3 Å². The van der Waals surface area contributed by atoms with E-state index in [1.54, 1.807) is 0 Å². The molecule has 0 aromatic heterocycles. The molecule has 0 unspecified atom stereocenters. The Hall–Kier alpha value is -0.300. The van der Waals surface area contributed by atoms with Crippen LogP contribution in [0.2, 0.25) is 0 Å². The number of amides is 1. The fourth-order valence-corrected chi connectivity index (χ4v) is 5.47. The Morgan fingerprint density at radius 2 is 1.75 bits per heavy atom. The van der Waals surface area contributed by atoms with Gasteiger partial charge in [-0.15, -0.1) is 0 Å². The van der Waals surface area contributed by atoms with Crippen LogP contribution in [0.3, 0.4) is 0 Å². The molecule has 2 heterocycles. The number of carbonyl (C=O) groups excluding carboxylic acids is 1. The fraction of sp³-hybridized carbons (Fsp3) is 0.944. The normalized spacial score (nSPS) is 27.5. The van der Waals surface area contributed by atoms with Crippen molar-refractivity contribution in [3.8, 4) is 0 Å². The topological polar surface area (TPSA) is 67.6 Å². The molecule has 0 aromatic carbocycles. The molecule has 3 aliphatic rings. The van der Waals surface area contributed by atoms with Crippen molar-refractivity contribution in [1.82, 2.24) is 10.2 Å². The second-order valence-corrected chi connectivity index (χ2v) is 8.89. The lowest BCUT2D eigenvalue weighted by molar-refractivity contribution is -0.136. The van der Waals surface area contributed by atoms with E-state index in [9.17, 15) is 4.79 Å². The van der Waals surface area contributed by atoms with Crippen LogP contribution in [0.5, 0.6) is 0 Å². The Morgan fingerprint density at radius 1 is 1.08 bits per heavy atom. The molecule has 0 bridgehead atoms. The molecule has 1 amide bonds. The van der Waals surface area contributed by atoms with E-state index in [2.05, 4.69) is 22.0 Å². The molecular formula is C18H33N3O2S. The molecular weight excluding hydrogens is 322 g/mol. The van der Waals surface area contributed by atoms with Gasteiger partial charge in [0.25, 0.3) is 0 Å². The highest BCUT2D eigenvalue weighted by atomic mass is 32.2. The van der Waals surface area contributed by atoms with Crippen molar-refractivity contribution in [2.45, 2.75) is 50.5 Å². The van der Waals surface area contributed by atoms with E-state index in [-0.39, 0.29) is 11.4 Å². The first kappa shape index (κ1) is 18.5. The zero-order valence-electron chi connectivity index (χ0n) is 14.9. The Balaban J connectivity index is 1.65. The van der Waals surface area contributed by atoms with Gasteiger partial charge in [0.2, 0.25) is 5.91 Å². The Labute approximate surface area is 150 Å². The molecule has 24 heavy (non-hydrogen) atoms. The highest BCUT2D eigenvalue weighted by molar-refractivity contribution is 7.99. The van der Waals surface area contributed by atoms with Crippen LogP contribution in [0.25, 0.3) is 0 Å². The Bertz CT molecular complexity index is 414. The number of hydrogen-bond acceptors (Lipinski definition) is 5. The first-order chi connectivity index (χ1) is 11.7. The zero-order chi connectivity index (χ0) is 16.9. The van der Waals surface area contributed by atoms with E-state index in [4.69, 9.17) is 10.5 Å². The number of nitrogens with two attached hydrogens (primary N) is 1. The minimum atomic E-state index is -0.411. The van der Waals surface area contributed by atoms with Gasteiger partial charge in [0.1, 0.15) is 0 Å². The van der Waals surface area contributed by atoms with Gasteiger partial charge in [0, 0.05) is 56.4 Å². The predicted octanol–water partition coefficient (Wildman–Crippen LogP) is 1.61. The highest BCUT2D eigenvalue weighted by Crippen LogP contribution is 2.36. The summed E-state index contributed by atoms with van der Waals surface area (Å²) in [6, 6.07) is 0. The van der Waals surface area contributed by atoms with Gasteiger partial charge in [-0.05, 0) is 25.7 Å². The number of nitrogens with one attached hydrogen (secondary N) is 1. The van der Waals surface area contributed by atoms with Crippen molar-refractivity contribution >= 4 is 17.7 Å². The number of ether oxygens (including phenoxy) is 1. The standard InChI is InChI=1S/C18H33N3O2S/c19-14-17(6-10-23-11-7-17)16(22)20-15-18(4-2-1-3-5-18)21-8-12-24-13-9-21/h1-15,19H2,(H,20,22). The van der Waals surface area contributed by atoms with Crippen LogP contribution in [-0.2, 0) is 9.53 Å². The lowest BCUT2D eigenvalue weighted by Gasteiger charge is -2.48. The largest absolute Gasteiger partial charge is 0.381 e. The summed E-state index contributed by atoms with van der Waals surface area (Å²) in [5.74, 6) is 2.60. The van der Waals surface area contributed by atoms with Crippen molar-refractivity contribution in [1.29, 1.82) is 0 Å². The molecule has 6 heteroatoms. The van der Waals surface area contributed by atoms with Crippen LogP contribution in [0, 0.1) is 5.41 Å². The number of nitrogens with zero attached hydrogens (tertiary/aromatic N) is 1. The van der Waals surface area contributed by atoms with E-state index in [1.165, 1.54) is 43.6 Å². The zero-order valence-corrected chi connectivity index (χ0v) is 15.7. The fourth-order valence-electron chi connectivity index (χ4n) is 4.57. The van der Waals surface area contributed by atoms with Crippen molar-refractivity contribution < 1.29 is 9.53 Å². The third kappa shape index (κ3) is 3.92. The molecule has 2 saturated heterocycles. The maximum absolute atomic E-state index is 12.9. The third-order valence-corrected chi connectivity index (χ3v) is 7.31. The third-order valence-electron chi connectivity index (χ3n) is 6.37. The highest BCUT2D eigenvalue weighted by Gasteiger charge is 2.42. The van der Waals surface area contributed by atoms with E-state index < -0.39 is 5.41 Å². The van der Waals surface area contributed by atoms with Crippen molar-refractivity contribution in [2.24, 2.45) is 11.1 Å². The molecule has 3 fully saturated rings. The lowest BCUT2D eigenvalue weighted by atomic mass is 9.77. The van der Waals surface area contributed by atoms with Crippen LogP contribution in [0.15, 0.2) is 0 Å². The van der Waals surface area contributed by atoms with E-state index >= 15 is 0 Å². The molecule has 5 nitrogen and oxygen atoms in total. The Kier molecular flexibility index (Phi) is 6.46. The van der Waals surface area contributed by atoms with Crippen LogP contribution >= 0.6 is 11.8 Å². The van der Waals surface area contributed by atoms with Crippen LogP contribution < -0.4 is 11.1 Å². The molecule has 0 atom stereocenters. The van der Waals surface area contributed by atoms with Crippen LogP contribution in [0.1, 0.15) is 44.9 Å². The van der Waals surface area contributed by atoms with Crippen molar-refractivity contribution in [3.63, 3.8) is 0 Å². The molecule has 2 aliphatic heterocycles. The summed E-state index contributed by atoms with van der Waals surface area (Å²) in [6.07, 6.45) is 7.85. The maximum atomic E-state index is 12.9. The average Bonchev–Trinajstić information content (AvgIpc) is 2.68. The van der Waals surface area contributed by atoms with Gasteiger partial charge in [-0.3, -0.25) is 9.69 Å². The first-order valence-corrected chi connectivity index (χ1v) is 10.8. The molecule has 3 rings (SSSR count). The number of rotatable bonds is 5. The van der Waals surface area contributed by atoms with Crippen LogP contribution in [-0.4, -0.2) is 67.2 Å². The van der Waals surface area contributed by atoms with E-state index in [0.29, 0.717) is 19.8 Å². The van der Waals surface area contributed by atoms with Gasteiger partial charge in [-0.2, -0.15) is 11.8 Å². The van der Waals surface area contributed by atoms with Gasteiger partial charge in [0.05, 0.1) is 5.41 Å². The monoisotopic (exact) mass is 355 g/mol. The average molecular weight is 356 g/mol. The van der Waals surface area contributed by atoms with E-state index in [0.717, 1.165) is 32.5 Å². The van der Waals surface area contributed by atoms with Gasteiger partial charge < -0.3 is 15.8 Å². The lowest BCUT2D eigenvalue weighted by Crippen LogP contribution is -2.60. The van der Waals surface area contributed by atoms with Crippen molar-refractivity contribution in [2.75, 3.05) is 50.9 Å². The number of carbonyl (C=O) groups is 1. The summed E-state index contributed by atoms with van der Waals surface area (Å²) in [6.45, 7) is 4.85. The van der Waals surface area contributed by atoms with E-state index in [1.807, 2.05) is 0 Å². The summed E-state index contributed by atoms with van der Waals surface area (Å²) in [5, 5.41) is 3.33. The SMILES string of the molecule is NCC1(C(=O)NCC2(N3CCSCC3)CCCCC2)CCOCC1.